The number of fused-ring (bicyclic) bond motifs is 12. The number of anilines is 3. The fraction of sp³-hybridized carbons (Fsp3) is 0.0208. The molecule has 0 saturated heterocycles. The second-order valence-electron chi connectivity index (χ2n) is 13.7. The Bertz CT molecular complexity index is 2820. The first kappa shape index (κ1) is 28.9. The summed E-state index contributed by atoms with van der Waals surface area (Å²) in [6, 6.07) is 53.3. The molecule has 4 nitrogen and oxygen atoms in total. The van der Waals surface area contributed by atoms with Crippen molar-refractivity contribution in [1.29, 1.82) is 0 Å². The molecule has 0 fully saturated rings. The number of hydrogen-bond acceptors (Lipinski definition) is 4. The molecule has 11 rings (SSSR count). The van der Waals surface area contributed by atoms with Crippen molar-refractivity contribution in [3.63, 3.8) is 0 Å². The predicted molar refractivity (Wildman–Crippen MR) is 211 cm³/mol. The molecule has 3 aromatic heterocycles. The van der Waals surface area contributed by atoms with E-state index in [-0.39, 0.29) is 0 Å². The van der Waals surface area contributed by atoms with Crippen LogP contribution < -0.4 is 4.90 Å². The van der Waals surface area contributed by atoms with Crippen LogP contribution in [0.3, 0.4) is 0 Å². The summed E-state index contributed by atoms with van der Waals surface area (Å²) in [7, 11) is 0. The van der Waals surface area contributed by atoms with E-state index < -0.39 is 5.41 Å². The smallest absolute Gasteiger partial charge is 0.0746 e. The lowest BCUT2D eigenvalue weighted by atomic mass is 9.69. The van der Waals surface area contributed by atoms with Crippen molar-refractivity contribution >= 4 is 38.6 Å². The lowest BCUT2D eigenvalue weighted by molar-refractivity contribution is 0.794. The molecule has 4 heteroatoms. The largest absolute Gasteiger partial charge is 0.310 e. The van der Waals surface area contributed by atoms with Crippen molar-refractivity contribution in [2.75, 3.05) is 4.90 Å². The van der Waals surface area contributed by atoms with E-state index in [1.54, 1.807) is 0 Å². The van der Waals surface area contributed by atoms with Gasteiger partial charge >= 0.3 is 0 Å². The molecular weight excluding hydrogens is 633 g/mol. The van der Waals surface area contributed by atoms with Crippen LogP contribution in [0.4, 0.5) is 17.1 Å². The van der Waals surface area contributed by atoms with Crippen LogP contribution in [0.25, 0.3) is 54.9 Å². The van der Waals surface area contributed by atoms with Gasteiger partial charge in [0.25, 0.3) is 0 Å². The van der Waals surface area contributed by atoms with Gasteiger partial charge in [-0.25, -0.2) is 0 Å². The van der Waals surface area contributed by atoms with E-state index in [9.17, 15) is 0 Å². The molecule has 0 aliphatic heterocycles. The Kier molecular flexibility index (Phi) is 6.13. The standard InChI is InChI=1S/C48H30N4/c1-2-10-36(11-3-1)52(37-17-16-31-20-23-50-29-34(31)25-37)45-19-18-38(33-9-8-22-49-28-33)46-41-26-35-30-51-24-21-32(35)27-44(41)48(47(45)46)42-14-6-4-12-39(42)40-13-5-7-15-43(40)48/h1-30H. The summed E-state index contributed by atoms with van der Waals surface area (Å²) >= 11 is 0. The second-order valence-corrected chi connectivity index (χ2v) is 13.7. The topological polar surface area (TPSA) is 41.9 Å². The van der Waals surface area contributed by atoms with Crippen molar-refractivity contribution < 1.29 is 0 Å². The molecule has 0 saturated carbocycles. The average molecular weight is 663 g/mol. The van der Waals surface area contributed by atoms with Gasteiger partial charge < -0.3 is 4.90 Å². The Hall–Kier alpha value is -6.91. The van der Waals surface area contributed by atoms with Gasteiger partial charge in [0.2, 0.25) is 0 Å². The van der Waals surface area contributed by atoms with Gasteiger partial charge in [0, 0.05) is 70.5 Å². The Morgan fingerprint density at radius 3 is 1.85 bits per heavy atom. The third-order valence-electron chi connectivity index (χ3n) is 11.1. The predicted octanol–water partition coefficient (Wildman–Crippen LogP) is 11.7. The van der Waals surface area contributed by atoms with Gasteiger partial charge in [-0.1, -0.05) is 84.9 Å². The first-order valence-electron chi connectivity index (χ1n) is 17.7. The second kappa shape index (κ2) is 11.0. The molecule has 9 aromatic rings. The molecule has 3 heterocycles. The molecule has 242 valence electrons. The molecule has 2 aliphatic rings. The summed E-state index contributed by atoms with van der Waals surface area (Å²) in [5, 5.41) is 4.55. The zero-order valence-corrected chi connectivity index (χ0v) is 28.1. The summed E-state index contributed by atoms with van der Waals surface area (Å²) in [6.45, 7) is 0. The van der Waals surface area contributed by atoms with E-state index in [4.69, 9.17) is 0 Å². The SMILES string of the molecule is c1ccc(N(c2ccc3ccncc3c2)c2ccc(-c3cccnc3)c3c2C2(c4ccccc4-c4ccccc42)c2cc4ccncc4cc2-3)cc1. The minimum Gasteiger partial charge on any atom is -0.310 e. The van der Waals surface area contributed by atoms with Crippen molar-refractivity contribution in [2.24, 2.45) is 0 Å². The highest BCUT2D eigenvalue weighted by Gasteiger charge is 2.54. The monoisotopic (exact) mass is 662 g/mol. The Balaban J connectivity index is 1.35. The number of hydrogen-bond donors (Lipinski definition) is 0. The number of nitrogens with zero attached hydrogens (tertiary/aromatic N) is 4. The Labute approximate surface area is 301 Å². The van der Waals surface area contributed by atoms with E-state index in [2.05, 4.69) is 159 Å². The Morgan fingerprint density at radius 1 is 0.404 bits per heavy atom. The molecule has 1 spiro atoms. The van der Waals surface area contributed by atoms with E-state index in [1.165, 1.54) is 49.9 Å². The molecular formula is C48H30N4. The molecule has 0 unspecified atom stereocenters. The molecule has 0 bridgehead atoms. The maximum Gasteiger partial charge on any atom is 0.0746 e. The van der Waals surface area contributed by atoms with Gasteiger partial charge in [-0.2, -0.15) is 0 Å². The van der Waals surface area contributed by atoms with Crippen molar-refractivity contribution in [2.45, 2.75) is 5.41 Å². The van der Waals surface area contributed by atoms with Gasteiger partial charge in [0.1, 0.15) is 0 Å². The maximum atomic E-state index is 4.61. The fourth-order valence-corrected chi connectivity index (χ4v) is 9.00. The third-order valence-corrected chi connectivity index (χ3v) is 11.1. The van der Waals surface area contributed by atoms with Gasteiger partial charge in [-0.3, -0.25) is 15.0 Å². The van der Waals surface area contributed by atoms with Gasteiger partial charge in [0.15, 0.2) is 0 Å². The first-order valence-corrected chi connectivity index (χ1v) is 17.7. The quantitative estimate of drug-likeness (QED) is 0.188. The molecule has 0 N–H and O–H groups in total. The minimum absolute atomic E-state index is 0.603. The van der Waals surface area contributed by atoms with Gasteiger partial charge in [-0.05, 0) is 116 Å². The molecule has 0 amide bonds. The van der Waals surface area contributed by atoms with Crippen LogP contribution in [-0.4, -0.2) is 15.0 Å². The van der Waals surface area contributed by atoms with Crippen LogP contribution >= 0.6 is 0 Å². The summed E-state index contributed by atoms with van der Waals surface area (Å²) in [6.07, 6.45) is 11.5. The molecule has 52 heavy (non-hydrogen) atoms. The van der Waals surface area contributed by atoms with Crippen LogP contribution in [0.1, 0.15) is 22.3 Å². The zero-order chi connectivity index (χ0) is 34.2. The summed E-state index contributed by atoms with van der Waals surface area (Å²) in [5.41, 5.74) is 15.1. The number of rotatable bonds is 4. The number of pyridine rings is 3. The van der Waals surface area contributed by atoms with Crippen molar-refractivity contribution in [3.05, 3.63) is 205 Å². The average Bonchev–Trinajstić information content (AvgIpc) is 3.68. The highest BCUT2D eigenvalue weighted by molar-refractivity contribution is 6.07. The van der Waals surface area contributed by atoms with E-state index in [1.807, 2.05) is 43.2 Å². The van der Waals surface area contributed by atoms with Crippen LogP contribution in [0.15, 0.2) is 183 Å². The first-order chi connectivity index (χ1) is 25.8. The number of aromatic nitrogens is 3. The highest BCUT2D eigenvalue weighted by Crippen LogP contribution is 2.67. The maximum absolute atomic E-state index is 4.61. The zero-order valence-electron chi connectivity index (χ0n) is 28.1. The van der Waals surface area contributed by atoms with E-state index in [0.717, 1.165) is 44.3 Å². The van der Waals surface area contributed by atoms with E-state index in [0.29, 0.717) is 0 Å². The Morgan fingerprint density at radius 2 is 1.10 bits per heavy atom. The molecule has 6 aromatic carbocycles. The number of para-hydroxylation sites is 1. The van der Waals surface area contributed by atoms with Crippen LogP contribution in [0.2, 0.25) is 0 Å². The summed E-state index contributed by atoms with van der Waals surface area (Å²) < 4.78 is 0. The fourth-order valence-electron chi connectivity index (χ4n) is 9.00. The van der Waals surface area contributed by atoms with Crippen LogP contribution in [-0.2, 0) is 5.41 Å². The lowest BCUT2D eigenvalue weighted by Gasteiger charge is -2.36. The van der Waals surface area contributed by atoms with Crippen LogP contribution in [0.5, 0.6) is 0 Å². The highest BCUT2D eigenvalue weighted by atomic mass is 15.1. The normalized spacial score (nSPS) is 13.2. The van der Waals surface area contributed by atoms with E-state index >= 15 is 0 Å². The van der Waals surface area contributed by atoms with Crippen molar-refractivity contribution in [3.8, 4) is 33.4 Å². The number of benzene rings is 6. The summed E-state index contributed by atoms with van der Waals surface area (Å²) in [4.78, 5) is 16.1. The molecule has 0 radical (unpaired) electrons. The lowest BCUT2D eigenvalue weighted by Crippen LogP contribution is -2.28. The van der Waals surface area contributed by atoms with Gasteiger partial charge in [0.05, 0.1) is 11.1 Å². The van der Waals surface area contributed by atoms with Crippen LogP contribution in [0, 0.1) is 0 Å². The van der Waals surface area contributed by atoms with Gasteiger partial charge in [-0.15, -0.1) is 0 Å². The molecule has 2 aliphatic carbocycles. The minimum atomic E-state index is -0.603. The summed E-state index contributed by atoms with van der Waals surface area (Å²) in [5.74, 6) is 0. The third kappa shape index (κ3) is 3.95. The molecule has 0 atom stereocenters. The van der Waals surface area contributed by atoms with Crippen molar-refractivity contribution in [1.82, 2.24) is 15.0 Å².